The van der Waals surface area contributed by atoms with Gasteiger partial charge in [0.25, 0.3) is 0 Å². The SMILES string of the molecule is O=C(O)Cc1csc(NC2CCCSC2)n1. The van der Waals surface area contributed by atoms with Crippen LogP contribution in [0.4, 0.5) is 5.13 Å². The van der Waals surface area contributed by atoms with Gasteiger partial charge in [-0.05, 0) is 18.6 Å². The minimum atomic E-state index is -0.829. The minimum Gasteiger partial charge on any atom is -0.481 e. The normalized spacial score (nSPS) is 20.6. The molecule has 2 rings (SSSR count). The van der Waals surface area contributed by atoms with E-state index in [0.717, 1.165) is 10.9 Å². The average molecular weight is 258 g/mol. The van der Waals surface area contributed by atoms with E-state index in [1.54, 1.807) is 0 Å². The van der Waals surface area contributed by atoms with Crippen LogP contribution < -0.4 is 5.32 Å². The Labute approximate surface area is 102 Å². The number of nitrogens with one attached hydrogen (secondary N) is 1. The molecular formula is C10H14N2O2S2. The van der Waals surface area contributed by atoms with E-state index in [4.69, 9.17) is 5.11 Å². The summed E-state index contributed by atoms with van der Waals surface area (Å²) in [7, 11) is 0. The fraction of sp³-hybridized carbons (Fsp3) is 0.600. The van der Waals surface area contributed by atoms with Crippen molar-refractivity contribution in [3.8, 4) is 0 Å². The van der Waals surface area contributed by atoms with E-state index < -0.39 is 5.97 Å². The van der Waals surface area contributed by atoms with Crippen molar-refractivity contribution in [3.05, 3.63) is 11.1 Å². The van der Waals surface area contributed by atoms with Crippen LogP contribution in [-0.4, -0.2) is 33.6 Å². The molecule has 0 bridgehead atoms. The van der Waals surface area contributed by atoms with Gasteiger partial charge in [0, 0.05) is 17.2 Å². The number of carbonyl (C=O) groups is 1. The quantitative estimate of drug-likeness (QED) is 0.865. The van der Waals surface area contributed by atoms with Crippen molar-refractivity contribution >= 4 is 34.2 Å². The third-order valence-electron chi connectivity index (χ3n) is 2.37. The fourth-order valence-corrected chi connectivity index (χ4v) is 3.50. The van der Waals surface area contributed by atoms with Crippen molar-refractivity contribution in [2.75, 3.05) is 16.8 Å². The molecular weight excluding hydrogens is 244 g/mol. The predicted molar refractivity (Wildman–Crippen MR) is 67.4 cm³/mol. The standard InChI is InChI=1S/C10H14N2O2S2/c13-9(14)4-8-6-16-10(12-8)11-7-2-1-3-15-5-7/h6-7H,1-5H2,(H,11,12)(H,13,14). The lowest BCUT2D eigenvalue weighted by atomic mass is 10.2. The molecule has 4 nitrogen and oxygen atoms in total. The van der Waals surface area contributed by atoms with Gasteiger partial charge in [0.15, 0.2) is 5.13 Å². The number of rotatable bonds is 4. The maximum absolute atomic E-state index is 10.5. The largest absolute Gasteiger partial charge is 0.481 e. The van der Waals surface area contributed by atoms with Crippen LogP contribution in [0.2, 0.25) is 0 Å². The first kappa shape index (κ1) is 11.7. The maximum Gasteiger partial charge on any atom is 0.309 e. The number of nitrogens with zero attached hydrogens (tertiary/aromatic N) is 1. The Bertz CT molecular complexity index is 361. The summed E-state index contributed by atoms with van der Waals surface area (Å²) in [4.78, 5) is 14.8. The molecule has 1 aliphatic heterocycles. The van der Waals surface area contributed by atoms with Gasteiger partial charge in [0.2, 0.25) is 0 Å². The van der Waals surface area contributed by atoms with Crippen molar-refractivity contribution in [2.24, 2.45) is 0 Å². The monoisotopic (exact) mass is 258 g/mol. The van der Waals surface area contributed by atoms with Crippen LogP contribution in [0, 0.1) is 0 Å². The summed E-state index contributed by atoms with van der Waals surface area (Å²) in [5.41, 5.74) is 0.642. The third kappa shape index (κ3) is 3.38. The molecule has 0 aromatic carbocycles. The molecule has 2 N–H and O–H groups in total. The lowest BCUT2D eigenvalue weighted by Gasteiger charge is -2.21. The molecule has 1 aromatic rings. The van der Waals surface area contributed by atoms with Gasteiger partial charge in [0.1, 0.15) is 0 Å². The van der Waals surface area contributed by atoms with E-state index in [1.807, 2.05) is 17.1 Å². The molecule has 1 aromatic heterocycles. The molecule has 1 saturated heterocycles. The van der Waals surface area contributed by atoms with Crippen LogP contribution in [0.3, 0.4) is 0 Å². The van der Waals surface area contributed by atoms with Gasteiger partial charge in [-0.1, -0.05) is 0 Å². The van der Waals surface area contributed by atoms with E-state index in [1.165, 1.54) is 29.9 Å². The molecule has 0 spiro atoms. The van der Waals surface area contributed by atoms with E-state index in [0.29, 0.717) is 11.7 Å². The third-order valence-corrected chi connectivity index (χ3v) is 4.41. The highest BCUT2D eigenvalue weighted by Gasteiger charge is 2.15. The van der Waals surface area contributed by atoms with Crippen LogP contribution in [0.15, 0.2) is 5.38 Å². The zero-order chi connectivity index (χ0) is 11.4. The summed E-state index contributed by atoms with van der Waals surface area (Å²) in [5.74, 6) is 1.54. The molecule has 0 radical (unpaired) electrons. The maximum atomic E-state index is 10.5. The highest BCUT2D eigenvalue weighted by atomic mass is 32.2. The minimum absolute atomic E-state index is 0.0115. The van der Waals surface area contributed by atoms with Gasteiger partial charge in [-0.15, -0.1) is 11.3 Å². The number of aromatic nitrogens is 1. The van der Waals surface area contributed by atoms with Crippen LogP contribution >= 0.6 is 23.1 Å². The van der Waals surface area contributed by atoms with Gasteiger partial charge >= 0.3 is 5.97 Å². The number of thioether (sulfide) groups is 1. The molecule has 1 aliphatic rings. The number of hydrogen-bond donors (Lipinski definition) is 2. The van der Waals surface area contributed by atoms with Crippen LogP contribution in [0.25, 0.3) is 0 Å². The zero-order valence-corrected chi connectivity index (χ0v) is 10.4. The molecule has 88 valence electrons. The first-order valence-corrected chi connectivity index (χ1v) is 7.28. The molecule has 0 saturated carbocycles. The Morgan fingerprint density at radius 3 is 3.25 bits per heavy atom. The number of carboxylic acid groups (broad SMARTS) is 1. The van der Waals surface area contributed by atoms with Gasteiger partial charge in [-0.3, -0.25) is 4.79 Å². The summed E-state index contributed by atoms with van der Waals surface area (Å²) in [6.45, 7) is 0. The van der Waals surface area contributed by atoms with Crippen molar-refractivity contribution < 1.29 is 9.90 Å². The molecule has 0 amide bonds. The first-order valence-electron chi connectivity index (χ1n) is 5.24. The second-order valence-electron chi connectivity index (χ2n) is 3.77. The predicted octanol–water partition coefficient (Wildman–Crippen LogP) is 2.08. The molecule has 1 unspecified atom stereocenters. The molecule has 0 aliphatic carbocycles. The summed E-state index contributed by atoms with van der Waals surface area (Å²) in [6.07, 6.45) is 2.44. The number of aliphatic carboxylic acids is 1. The molecule has 1 fully saturated rings. The molecule has 2 heterocycles. The van der Waals surface area contributed by atoms with Gasteiger partial charge in [-0.25, -0.2) is 4.98 Å². The Balaban J connectivity index is 1.88. The highest BCUT2D eigenvalue weighted by molar-refractivity contribution is 7.99. The van der Waals surface area contributed by atoms with E-state index >= 15 is 0 Å². The van der Waals surface area contributed by atoms with Crippen molar-refractivity contribution in [2.45, 2.75) is 25.3 Å². The summed E-state index contributed by atoms with van der Waals surface area (Å²) < 4.78 is 0. The number of hydrogen-bond acceptors (Lipinski definition) is 5. The summed E-state index contributed by atoms with van der Waals surface area (Å²) >= 11 is 3.45. The summed E-state index contributed by atoms with van der Waals surface area (Å²) in [6, 6.07) is 0.488. The van der Waals surface area contributed by atoms with E-state index in [2.05, 4.69) is 10.3 Å². The highest BCUT2D eigenvalue weighted by Crippen LogP contribution is 2.23. The first-order chi connectivity index (χ1) is 7.74. The van der Waals surface area contributed by atoms with Crippen molar-refractivity contribution in [3.63, 3.8) is 0 Å². The van der Waals surface area contributed by atoms with Crippen LogP contribution in [0.5, 0.6) is 0 Å². The van der Waals surface area contributed by atoms with E-state index in [-0.39, 0.29) is 6.42 Å². The molecule has 1 atom stereocenters. The smallest absolute Gasteiger partial charge is 0.309 e. The van der Waals surface area contributed by atoms with Gasteiger partial charge < -0.3 is 10.4 Å². The lowest BCUT2D eigenvalue weighted by molar-refractivity contribution is -0.136. The molecule has 16 heavy (non-hydrogen) atoms. The Hall–Kier alpha value is -0.750. The average Bonchev–Trinajstić information content (AvgIpc) is 2.66. The van der Waals surface area contributed by atoms with Crippen molar-refractivity contribution in [1.82, 2.24) is 4.98 Å². The number of anilines is 1. The second-order valence-corrected chi connectivity index (χ2v) is 5.78. The zero-order valence-electron chi connectivity index (χ0n) is 8.81. The van der Waals surface area contributed by atoms with Crippen molar-refractivity contribution in [1.29, 1.82) is 0 Å². The Morgan fingerprint density at radius 1 is 1.69 bits per heavy atom. The van der Waals surface area contributed by atoms with Crippen LogP contribution in [-0.2, 0) is 11.2 Å². The lowest BCUT2D eigenvalue weighted by Crippen LogP contribution is -2.25. The number of carboxylic acids is 1. The Kier molecular flexibility index (Phi) is 4.06. The summed E-state index contributed by atoms with van der Waals surface area (Å²) in [5, 5.41) is 14.7. The van der Waals surface area contributed by atoms with Gasteiger partial charge in [0.05, 0.1) is 12.1 Å². The Morgan fingerprint density at radius 2 is 2.56 bits per heavy atom. The molecule has 6 heteroatoms. The topological polar surface area (TPSA) is 62.2 Å². The fourth-order valence-electron chi connectivity index (χ4n) is 1.64. The number of thiazole rings is 1. The van der Waals surface area contributed by atoms with Gasteiger partial charge in [-0.2, -0.15) is 11.8 Å². The van der Waals surface area contributed by atoms with Crippen LogP contribution in [0.1, 0.15) is 18.5 Å². The van der Waals surface area contributed by atoms with E-state index in [9.17, 15) is 4.79 Å². The second kappa shape index (κ2) is 5.54.